The Labute approximate surface area is 334 Å². The Morgan fingerprint density at radius 3 is 1.79 bits per heavy atom. The molecule has 11 rings (SSSR count). The van der Waals surface area contributed by atoms with E-state index in [1.54, 1.807) is 23.1 Å². The number of hydrogen-bond donors (Lipinski definition) is 0. The fourth-order valence-electron chi connectivity index (χ4n) is 7.27. The highest BCUT2D eigenvalue weighted by atomic mass is 32.2. The molecular weight excluding hydrogens is 743 g/mol. The predicted molar refractivity (Wildman–Crippen MR) is 236 cm³/mol. The van der Waals surface area contributed by atoms with E-state index in [9.17, 15) is 0 Å². The maximum Gasteiger partial charge on any atom is 0.164 e. The lowest BCUT2D eigenvalue weighted by Crippen LogP contribution is -2.00. The average molecular weight is 772 g/mol. The zero-order chi connectivity index (χ0) is 37.0. The molecule has 2 aliphatic rings. The van der Waals surface area contributed by atoms with Gasteiger partial charge in [-0.25, -0.2) is 24.9 Å². The third-order valence-corrected chi connectivity index (χ3v) is 14.7. The quantitative estimate of drug-likeness (QED) is 0.124. The van der Waals surface area contributed by atoms with Gasteiger partial charge in [0.2, 0.25) is 0 Å². The van der Waals surface area contributed by atoms with Crippen molar-refractivity contribution in [3.63, 3.8) is 0 Å². The maximum absolute atomic E-state index is 5.37. The first-order chi connectivity index (χ1) is 27.7. The Hall–Kier alpha value is -6.32. The molecule has 3 aromatic heterocycles. The van der Waals surface area contributed by atoms with Crippen LogP contribution in [0.2, 0.25) is 0 Å². The number of benzene rings is 6. The molecule has 6 aromatic carbocycles. The van der Waals surface area contributed by atoms with Crippen molar-refractivity contribution < 1.29 is 0 Å². The van der Waals surface area contributed by atoms with Crippen LogP contribution in [0.1, 0.15) is 0 Å². The van der Waals surface area contributed by atoms with E-state index in [-0.39, 0.29) is 10.5 Å². The topological polar surface area (TPSA) is 64.5 Å². The highest BCUT2D eigenvalue weighted by Gasteiger charge is 2.29. The monoisotopic (exact) mass is 771 g/mol. The van der Waals surface area contributed by atoms with E-state index in [4.69, 9.17) is 24.9 Å². The van der Waals surface area contributed by atoms with Gasteiger partial charge in [-0.05, 0) is 46.8 Å². The van der Waals surface area contributed by atoms with Crippen LogP contribution >= 0.6 is 33.6 Å². The molecule has 0 aliphatic carbocycles. The van der Waals surface area contributed by atoms with Crippen LogP contribution in [0.4, 0.5) is 0 Å². The minimum atomic E-state index is -0.215. The van der Waals surface area contributed by atoms with Gasteiger partial charge in [0, 0.05) is 52.2 Å². The summed E-state index contributed by atoms with van der Waals surface area (Å²) in [6, 6.07) is 52.5. The van der Waals surface area contributed by atoms with Gasteiger partial charge in [-0.2, -0.15) is 0 Å². The van der Waals surface area contributed by atoms with Crippen molar-refractivity contribution in [2.45, 2.75) is 9.92 Å². The first-order valence-electron chi connectivity index (χ1n) is 18.3. The summed E-state index contributed by atoms with van der Waals surface area (Å²) in [5, 5.41) is 5.63. The lowest BCUT2D eigenvalue weighted by molar-refractivity contribution is 0.988. The van der Waals surface area contributed by atoms with Gasteiger partial charge < -0.3 is 0 Å². The largest absolute Gasteiger partial charge is 0.227 e. The van der Waals surface area contributed by atoms with Gasteiger partial charge in [-0.15, -0.1) is 11.3 Å². The third kappa shape index (κ3) is 5.81. The predicted octanol–water partition coefficient (Wildman–Crippen LogP) is 13.0. The second-order valence-corrected chi connectivity index (χ2v) is 17.6. The molecule has 9 aromatic rings. The molecular formula is C48H29N5S3. The zero-order valence-corrected chi connectivity index (χ0v) is 32.2. The lowest BCUT2D eigenvalue weighted by Gasteiger charge is -2.12. The molecule has 1 atom stereocenters. The van der Waals surface area contributed by atoms with Crippen LogP contribution in [0.3, 0.4) is 0 Å². The Bertz CT molecular complexity index is 3080. The van der Waals surface area contributed by atoms with Crippen molar-refractivity contribution in [2.24, 2.45) is 0 Å². The summed E-state index contributed by atoms with van der Waals surface area (Å²) >= 11 is 3.58. The first-order valence-corrected chi connectivity index (χ1v) is 21.2. The van der Waals surface area contributed by atoms with Crippen molar-refractivity contribution in [3.05, 3.63) is 174 Å². The van der Waals surface area contributed by atoms with Crippen LogP contribution in [-0.2, 0) is 0 Å². The average Bonchev–Trinajstić information content (AvgIpc) is 3.85. The number of allylic oxidation sites excluding steroid dienone is 3. The van der Waals surface area contributed by atoms with Gasteiger partial charge in [0.05, 0.1) is 10.6 Å². The Morgan fingerprint density at radius 2 is 1.05 bits per heavy atom. The van der Waals surface area contributed by atoms with Gasteiger partial charge in [-0.3, -0.25) is 0 Å². The normalized spacial score (nSPS) is 14.4. The van der Waals surface area contributed by atoms with Crippen LogP contribution in [0, 0.1) is 0 Å². The summed E-state index contributed by atoms with van der Waals surface area (Å²) in [6.45, 7) is 0. The number of rotatable bonds is 6. The third-order valence-electron chi connectivity index (χ3n) is 9.98. The van der Waals surface area contributed by atoms with Crippen molar-refractivity contribution >= 4 is 59.1 Å². The standard InChI is InChI=1S/C48H29N5S3/c1-4-13-30(14-5-1)31-22-24-34(25-23-31)45-50-44(33-17-8-3-9-18-33)51-46(52-45)35-26-27-38-37(29-35)41-36(19-12-20-39(41)54-38)47-49-42(32-15-6-2-7-16-32)43-48(53-47)56-28-11-10-21-40(56)55-43/h1-29H. The number of aromatic nitrogens is 5. The van der Waals surface area contributed by atoms with E-state index in [1.165, 1.54) is 19.2 Å². The fourth-order valence-corrected chi connectivity index (χ4v) is 11.9. The summed E-state index contributed by atoms with van der Waals surface area (Å²) in [5.74, 6) is 2.63. The molecule has 0 saturated heterocycles. The van der Waals surface area contributed by atoms with Gasteiger partial charge >= 0.3 is 0 Å². The summed E-state index contributed by atoms with van der Waals surface area (Å²) in [4.78, 5) is 27.1. The van der Waals surface area contributed by atoms with Crippen LogP contribution in [0.15, 0.2) is 184 Å². The molecule has 0 saturated carbocycles. The molecule has 0 amide bonds. The van der Waals surface area contributed by atoms with Crippen LogP contribution in [0.5, 0.6) is 0 Å². The highest BCUT2D eigenvalue weighted by Crippen LogP contribution is 2.58. The van der Waals surface area contributed by atoms with Crippen molar-refractivity contribution in [3.8, 4) is 67.9 Å². The number of nitrogens with zero attached hydrogens (tertiary/aromatic N) is 5. The van der Waals surface area contributed by atoms with E-state index in [2.05, 4.69) is 139 Å². The van der Waals surface area contributed by atoms with Crippen molar-refractivity contribution in [2.75, 3.05) is 0 Å². The van der Waals surface area contributed by atoms with Gasteiger partial charge in [0.1, 0.15) is 5.03 Å². The van der Waals surface area contributed by atoms with E-state index in [1.807, 2.05) is 36.4 Å². The number of hydrogen-bond acceptors (Lipinski definition) is 7. The molecule has 2 aliphatic heterocycles. The lowest BCUT2D eigenvalue weighted by atomic mass is 10.0. The maximum atomic E-state index is 5.37. The molecule has 5 nitrogen and oxygen atoms in total. The second-order valence-electron chi connectivity index (χ2n) is 13.4. The highest BCUT2D eigenvalue weighted by molar-refractivity contribution is 8.33. The molecule has 264 valence electrons. The molecule has 0 bridgehead atoms. The second kappa shape index (κ2) is 13.8. The van der Waals surface area contributed by atoms with E-state index >= 15 is 0 Å². The molecule has 0 N–H and O–H groups in total. The van der Waals surface area contributed by atoms with Gasteiger partial charge in [-0.1, -0.05) is 162 Å². The Kier molecular flexibility index (Phi) is 8.12. The number of fused-ring (bicyclic) bond motifs is 6. The summed E-state index contributed by atoms with van der Waals surface area (Å²) in [7, 11) is -0.215. The first kappa shape index (κ1) is 33.1. The SMILES string of the molecule is C1=CC=S2C(=C1)Sc1c(-c3ccccc3)nc(-c3cccc4sc5ccc(-c6nc(-c7ccccc7)nc(-c7ccc(-c8ccccc8)cc7)n6)cc5c34)nc12. The van der Waals surface area contributed by atoms with E-state index in [0.717, 1.165) is 65.6 Å². The Morgan fingerprint density at radius 1 is 0.446 bits per heavy atom. The summed E-state index contributed by atoms with van der Waals surface area (Å²) in [6.07, 6.45) is 6.47. The summed E-state index contributed by atoms with van der Waals surface area (Å²) in [5.41, 5.74) is 8.19. The number of thioether (sulfide) groups is 1. The molecule has 8 heteroatoms. The van der Waals surface area contributed by atoms with Crippen LogP contribution in [-0.4, -0.2) is 30.3 Å². The van der Waals surface area contributed by atoms with Gasteiger partial charge in [0.25, 0.3) is 0 Å². The van der Waals surface area contributed by atoms with Crippen LogP contribution in [0.25, 0.3) is 88.1 Å². The smallest absolute Gasteiger partial charge is 0.164 e. The molecule has 0 spiro atoms. The van der Waals surface area contributed by atoms with Gasteiger partial charge in [0.15, 0.2) is 23.3 Å². The Balaban J connectivity index is 1.08. The van der Waals surface area contributed by atoms with Crippen LogP contribution < -0.4 is 0 Å². The molecule has 56 heavy (non-hydrogen) atoms. The van der Waals surface area contributed by atoms with Crippen molar-refractivity contribution in [1.82, 2.24) is 24.9 Å². The minimum Gasteiger partial charge on any atom is -0.227 e. The zero-order valence-electron chi connectivity index (χ0n) is 29.7. The van der Waals surface area contributed by atoms with E-state index in [0.29, 0.717) is 17.5 Å². The molecule has 5 heterocycles. The van der Waals surface area contributed by atoms with E-state index < -0.39 is 0 Å². The minimum absolute atomic E-state index is 0.215. The van der Waals surface area contributed by atoms with Crippen molar-refractivity contribution in [1.29, 1.82) is 0 Å². The number of thiophene rings is 1. The molecule has 1 unspecified atom stereocenters. The fraction of sp³-hybridized carbons (Fsp3) is 0. The summed E-state index contributed by atoms with van der Waals surface area (Å²) < 4.78 is 3.68. The molecule has 0 radical (unpaired) electrons. The molecule has 0 fully saturated rings.